The van der Waals surface area contributed by atoms with E-state index in [0.29, 0.717) is 5.89 Å². The van der Waals surface area contributed by atoms with Gasteiger partial charge in [0.15, 0.2) is 0 Å². The predicted molar refractivity (Wildman–Crippen MR) is 50.2 cm³/mol. The number of nitrogens with zero attached hydrogens (tertiary/aromatic N) is 1. The molecule has 0 saturated heterocycles. The maximum absolute atomic E-state index is 5.96. The Labute approximate surface area is 78.3 Å². The van der Waals surface area contributed by atoms with Gasteiger partial charge in [0.1, 0.15) is 5.76 Å². The van der Waals surface area contributed by atoms with Crippen LogP contribution in [-0.4, -0.2) is 4.98 Å². The lowest BCUT2D eigenvalue weighted by Gasteiger charge is -2.04. The van der Waals surface area contributed by atoms with E-state index < -0.39 is 0 Å². The van der Waals surface area contributed by atoms with Gasteiger partial charge in [-0.25, -0.2) is 4.98 Å². The number of nitrogens with two attached hydrogens (primary N) is 1. The van der Waals surface area contributed by atoms with Crippen molar-refractivity contribution < 1.29 is 4.42 Å². The average molecular weight is 180 g/mol. The van der Waals surface area contributed by atoms with Crippen molar-refractivity contribution >= 4 is 0 Å². The van der Waals surface area contributed by atoms with E-state index in [9.17, 15) is 0 Å². The number of rotatable bonds is 3. The van der Waals surface area contributed by atoms with E-state index in [-0.39, 0.29) is 6.04 Å². The summed E-state index contributed by atoms with van der Waals surface area (Å²) in [6.07, 6.45) is 3.68. The Morgan fingerprint density at radius 1 is 1.54 bits per heavy atom. The molecule has 1 aliphatic rings. The molecule has 3 heteroatoms. The van der Waals surface area contributed by atoms with Crippen LogP contribution in [0.25, 0.3) is 0 Å². The van der Waals surface area contributed by atoms with E-state index in [4.69, 9.17) is 10.2 Å². The molecule has 1 saturated carbocycles. The van der Waals surface area contributed by atoms with Gasteiger partial charge in [0.05, 0.1) is 11.7 Å². The highest BCUT2D eigenvalue weighted by molar-refractivity contribution is 5.07. The first-order chi connectivity index (χ1) is 6.16. The largest absolute Gasteiger partial charge is 0.444 e. The molecule has 1 aliphatic carbocycles. The number of aromatic nitrogens is 1. The van der Waals surface area contributed by atoms with Gasteiger partial charge >= 0.3 is 0 Å². The molecule has 0 aliphatic heterocycles. The fraction of sp³-hybridized carbons (Fsp3) is 0.700. The van der Waals surface area contributed by atoms with Crippen molar-refractivity contribution in [2.45, 2.75) is 39.2 Å². The molecular formula is C10H16N2O. The lowest BCUT2D eigenvalue weighted by Crippen LogP contribution is -2.11. The SMILES string of the molecule is Cc1nc(C(N)CC2CC2)oc1C. The van der Waals surface area contributed by atoms with Gasteiger partial charge in [0.25, 0.3) is 0 Å². The minimum absolute atomic E-state index is 0.0000926. The Morgan fingerprint density at radius 3 is 2.69 bits per heavy atom. The second-order valence-corrected chi connectivity index (χ2v) is 3.98. The zero-order chi connectivity index (χ0) is 9.42. The van der Waals surface area contributed by atoms with Gasteiger partial charge in [-0.15, -0.1) is 0 Å². The quantitative estimate of drug-likeness (QED) is 0.774. The van der Waals surface area contributed by atoms with Crippen LogP contribution in [0.3, 0.4) is 0 Å². The lowest BCUT2D eigenvalue weighted by atomic mass is 10.1. The van der Waals surface area contributed by atoms with Gasteiger partial charge < -0.3 is 10.2 Å². The third-order valence-electron chi connectivity index (χ3n) is 2.65. The van der Waals surface area contributed by atoms with Gasteiger partial charge in [0, 0.05) is 0 Å². The first-order valence-electron chi connectivity index (χ1n) is 4.86. The Balaban J connectivity index is 2.05. The van der Waals surface area contributed by atoms with E-state index in [1.807, 2.05) is 13.8 Å². The fourth-order valence-corrected chi connectivity index (χ4v) is 1.47. The zero-order valence-corrected chi connectivity index (χ0v) is 8.21. The van der Waals surface area contributed by atoms with Gasteiger partial charge in [-0.05, 0) is 26.2 Å². The number of hydrogen-bond donors (Lipinski definition) is 1. The van der Waals surface area contributed by atoms with Crippen molar-refractivity contribution in [2.75, 3.05) is 0 Å². The van der Waals surface area contributed by atoms with Crippen LogP contribution in [0.2, 0.25) is 0 Å². The topological polar surface area (TPSA) is 52.0 Å². The molecule has 1 fully saturated rings. The summed E-state index contributed by atoms with van der Waals surface area (Å²) >= 11 is 0. The molecule has 2 N–H and O–H groups in total. The van der Waals surface area contributed by atoms with E-state index in [1.165, 1.54) is 12.8 Å². The number of aryl methyl sites for hydroxylation is 2. The summed E-state index contributed by atoms with van der Waals surface area (Å²) in [6, 6.07) is -0.0000926. The molecule has 72 valence electrons. The molecule has 3 nitrogen and oxygen atoms in total. The Morgan fingerprint density at radius 2 is 2.23 bits per heavy atom. The standard InChI is InChI=1S/C10H16N2O/c1-6-7(2)13-10(12-6)9(11)5-8-3-4-8/h8-9H,3-5,11H2,1-2H3. The second kappa shape index (κ2) is 3.14. The molecule has 1 unspecified atom stereocenters. The van der Waals surface area contributed by atoms with Gasteiger partial charge in [-0.1, -0.05) is 12.8 Å². The van der Waals surface area contributed by atoms with Crippen LogP contribution < -0.4 is 5.73 Å². The zero-order valence-electron chi connectivity index (χ0n) is 8.21. The van der Waals surface area contributed by atoms with E-state index >= 15 is 0 Å². The van der Waals surface area contributed by atoms with Crippen LogP contribution in [0.4, 0.5) is 0 Å². The van der Waals surface area contributed by atoms with Crippen LogP contribution >= 0.6 is 0 Å². The van der Waals surface area contributed by atoms with Crippen LogP contribution in [0.1, 0.15) is 42.6 Å². The number of hydrogen-bond acceptors (Lipinski definition) is 3. The van der Waals surface area contributed by atoms with Gasteiger partial charge in [-0.2, -0.15) is 0 Å². The van der Waals surface area contributed by atoms with Crippen LogP contribution in [-0.2, 0) is 0 Å². The Hall–Kier alpha value is -0.830. The third kappa shape index (κ3) is 1.91. The summed E-state index contributed by atoms with van der Waals surface area (Å²) in [7, 11) is 0. The van der Waals surface area contributed by atoms with Crippen molar-refractivity contribution in [3.8, 4) is 0 Å². The summed E-state index contributed by atoms with van der Waals surface area (Å²) in [5, 5.41) is 0. The molecule has 0 bridgehead atoms. The normalized spacial score (nSPS) is 19.0. The van der Waals surface area contributed by atoms with E-state index in [2.05, 4.69) is 4.98 Å². The monoisotopic (exact) mass is 180 g/mol. The molecule has 2 rings (SSSR count). The predicted octanol–water partition coefficient (Wildman–Crippen LogP) is 2.09. The Bertz CT molecular complexity index is 282. The molecule has 1 heterocycles. The molecule has 1 atom stereocenters. The van der Waals surface area contributed by atoms with Crippen molar-refractivity contribution in [1.82, 2.24) is 4.98 Å². The molecule has 1 aromatic heterocycles. The maximum atomic E-state index is 5.96. The van der Waals surface area contributed by atoms with Crippen molar-refractivity contribution in [3.63, 3.8) is 0 Å². The molecule has 0 radical (unpaired) electrons. The van der Waals surface area contributed by atoms with E-state index in [1.54, 1.807) is 0 Å². The molecule has 0 amide bonds. The average Bonchev–Trinajstić information content (AvgIpc) is 2.81. The van der Waals surface area contributed by atoms with Crippen LogP contribution in [0.5, 0.6) is 0 Å². The third-order valence-corrected chi connectivity index (χ3v) is 2.65. The summed E-state index contributed by atoms with van der Waals surface area (Å²) in [6.45, 7) is 3.88. The summed E-state index contributed by atoms with van der Waals surface area (Å²) < 4.78 is 5.47. The first kappa shape index (κ1) is 8.75. The summed E-state index contributed by atoms with van der Waals surface area (Å²) in [4.78, 5) is 4.30. The fourth-order valence-electron chi connectivity index (χ4n) is 1.47. The minimum Gasteiger partial charge on any atom is -0.444 e. The summed E-state index contributed by atoms with van der Waals surface area (Å²) in [5.74, 6) is 2.42. The molecular weight excluding hydrogens is 164 g/mol. The highest BCUT2D eigenvalue weighted by Crippen LogP contribution is 2.36. The van der Waals surface area contributed by atoms with Crippen molar-refractivity contribution in [2.24, 2.45) is 11.7 Å². The summed E-state index contributed by atoms with van der Waals surface area (Å²) in [5.41, 5.74) is 6.92. The van der Waals surface area contributed by atoms with Gasteiger partial charge in [0.2, 0.25) is 5.89 Å². The second-order valence-electron chi connectivity index (χ2n) is 3.98. The molecule has 1 aromatic rings. The van der Waals surface area contributed by atoms with Gasteiger partial charge in [-0.3, -0.25) is 0 Å². The Kier molecular flexibility index (Phi) is 2.12. The minimum atomic E-state index is -0.0000926. The maximum Gasteiger partial charge on any atom is 0.211 e. The number of oxazole rings is 1. The lowest BCUT2D eigenvalue weighted by molar-refractivity contribution is 0.411. The molecule has 0 aromatic carbocycles. The smallest absolute Gasteiger partial charge is 0.211 e. The highest BCUT2D eigenvalue weighted by Gasteiger charge is 2.26. The van der Waals surface area contributed by atoms with E-state index in [0.717, 1.165) is 23.8 Å². The van der Waals surface area contributed by atoms with Crippen LogP contribution in [0, 0.1) is 19.8 Å². The van der Waals surface area contributed by atoms with Crippen LogP contribution in [0.15, 0.2) is 4.42 Å². The highest BCUT2D eigenvalue weighted by atomic mass is 16.4. The first-order valence-corrected chi connectivity index (χ1v) is 4.86. The van der Waals surface area contributed by atoms with Crippen molar-refractivity contribution in [3.05, 3.63) is 17.3 Å². The molecule has 13 heavy (non-hydrogen) atoms. The van der Waals surface area contributed by atoms with Crippen molar-refractivity contribution in [1.29, 1.82) is 0 Å². The molecule has 0 spiro atoms.